The van der Waals surface area contributed by atoms with Crippen molar-refractivity contribution in [3.8, 4) is 11.5 Å². The number of ether oxygens (including phenoxy) is 2. The zero-order chi connectivity index (χ0) is 24.1. The maximum Gasteiger partial charge on any atom is 0.294 e. The van der Waals surface area contributed by atoms with Crippen LogP contribution in [0.15, 0.2) is 35.2 Å². The number of thioether (sulfide) groups is 1. The average Bonchev–Trinajstić information content (AvgIpc) is 3.00. The number of halogens is 1. The van der Waals surface area contributed by atoms with Gasteiger partial charge in [-0.15, -0.1) is 0 Å². The smallest absolute Gasteiger partial charge is 0.294 e. The van der Waals surface area contributed by atoms with E-state index in [-0.39, 0.29) is 11.4 Å². The lowest BCUT2D eigenvalue weighted by Crippen LogP contribution is -2.36. The van der Waals surface area contributed by atoms with Gasteiger partial charge < -0.3 is 14.8 Å². The first kappa shape index (κ1) is 25.1. The van der Waals surface area contributed by atoms with Crippen LogP contribution in [0.4, 0.5) is 10.5 Å². The highest BCUT2D eigenvalue weighted by molar-refractivity contribution is 14.1. The summed E-state index contributed by atoms with van der Waals surface area (Å²) in [4.78, 5) is 39.0. The van der Waals surface area contributed by atoms with Crippen molar-refractivity contribution >= 4 is 63.2 Å². The first-order valence-electron chi connectivity index (χ1n) is 10.4. The lowest BCUT2D eigenvalue weighted by molar-refractivity contribution is -0.127. The van der Waals surface area contributed by atoms with Crippen molar-refractivity contribution in [1.29, 1.82) is 0 Å². The summed E-state index contributed by atoms with van der Waals surface area (Å²) in [5.74, 6) is 0.292. The zero-order valence-electron chi connectivity index (χ0n) is 18.9. The predicted octanol–water partition coefficient (Wildman–Crippen LogP) is 5.38. The maximum absolute atomic E-state index is 12.9. The van der Waals surface area contributed by atoms with Gasteiger partial charge in [0.15, 0.2) is 11.5 Å². The molecule has 0 aromatic heterocycles. The number of rotatable bonds is 8. The maximum atomic E-state index is 12.9. The van der Waals surface area contributed by atoms with E-state index in [4.69, 9.17) is 9.47 Å². The summed E-state index contributed by atoms with van der Waals surface area (Å²) >= 11 is 2.96. The van der Waals surface area contributed by atoms with Gasteiger partial charge in [0.25, 0.3) is 11.1 Å². The Hall–Kier alpha value is -2.53. The van der Waals surface area contributed by atoms with Gasteiger partial charge in [-0.1, -0.05) is 17.7 Å². The van der Waals surface area contributed by atoms with Crippen molar-refractivity contribution in [2.24, 2.45) is 0 Å². The number of carbonyl (C=O) groups excluding carboxylic acids is 3. The highest BCUT2D eigenvalue weighted by Crippen LogP contribution is 2.37. The number of hydrogen-bond acceptors (Lipinski definition) is 6. The van der Waals surface area contributed by atoms with Gasteiger partial charge in [-0.05, 0) is 97.4 Å². The molecule has 0 bridgehead atoms. The molecule has 2 aromatic rings. The molecule has 1 aliphatic heterocycles. The van der Waals surface area contributed by atoms with E-state index in [0.717, 1.165) is 31.4 Å². The Morgan fingerprint density at radius 2 is 1.85 bits per heavy atom. The fraction of sp³-hybridized carbons (Fsp3) is 0.292. The van der Waals surface area contributed by atoms with E-state index in [0.29, 0.717) is 36.0 Å². The molecule has 2 aromatic carbocycles. The van der Waals surface area contributed by atoms with Crippen LogP contribution in [0.3, 0.4) is 0 Å². The first-order valence-corrected chi connectivity index (χ1v) is 12.3. The fourth-order valence-corrected chi connectivity index (χ4v) is 4.91. The Labute approximate surface area is 211 Å². The molecule has 1 fully saturated rings. The predicted molar refractivity (Wildman–Crippen MR) is 139 cm³/mol. The van der Waals surface area contributed by atoms with Crippen LogP contribution in [-0.4, -0.2) is 41.7 Å². The highest BCUT2D eigenvalue weighted by atomic mass is 127. The van der Waals surface area contributed by atoms with Crippen molar-refractivity contribution in [3.05, 3.63) is 55.5 Å². The Balaban J connectivity index is 1.77. The minimum absolute atomic E-state index is 0.252. The quantitative estimate of drug-likeness (QED) is 0.334. The number of amides is 3. The topological polar surface area (TPSA) is 84.9 Å². The second kappa shape index (κ2) is 11.1. The summed E-state index contributed by atoms with van der Waals surface area (Å²) in [6, 6.07) is 9.28. The second-order valence-corrected chi connectivity index (χ2v) is 9.49. The van der Waals surface area contributed by atoms with E-state index in [1.54, 1.807) is 18.2 Å². The number of nitrogens with zero attached hydrogens (tertiary/aromatic N) is 1. The van der Waals surface area contributed by atoms with Crippen molar-refractivity contribution in [2.75, 3.05) is 25.1 Å². The molecule has 1 heterocycles. The van der Waals surface area contributed by atoms with E-state index in [1.165, 1.54) is 0 Å². The van der Waals surface area contributed by atoms with Gasteiger partial charge in [0.05, 0.1) is 21.7 Å². The molecule has 3 amide bonds. The number of aryl methyl sites for hydroxylation is 2. The third-order valence-corrected chi connectivity index (χ3v) is 6.46. The Kier molecular flexibility index (Phi) is 8.41. The van der Waals surface area contributed by atoms with Crippen LogP contribution in [-0.2, 0) is 9.59 Å². The third-order valence-electron chi connectivity index (χ3n) is 4.75. The van der Waals surface area contributed by atoms with Crippen LogP contribution in [0.1, 0.15) is 30.5 Å². The van der Waals surface area contributed by atoms with Crippen LogP contribution in [0.5, 0.6) is 11.5 Å². The van der Waals surface area contributed by atoms with Gasteiger partial charge in [-0.3, -0.25) is 19.3 Å². The molecule has 7 nitrogen and oxygen atoms in total. The molecule has 0 radical (unpaired) electrons. The van der Waals surface area contributed by atoms with E-state index >= 15 is 0 Å². The highest BCUT2D eigenvalue weighted by Gasteiger charge is 2.36. The van der Waals surface area contributed by atoms with E-state index in [2.05, 4.69) is 27.9 Å². The monoisotopic (exact) mass is 580 g/mol. The fourth-order valence-electron chi connectivity index (χ4n) is 3.29. The summed E-state index contributed by atoms with van der Waals surface area (Å²) in [7, 11) is 0. The zero-order valence-corrected chi connectivity index (χ0v) is 21.8. The van der Waals surface area contributed by atoms with Gasteiger partial charge in [0, 0.05) is 5.69 Å². The standard InChI is InChI=1S/C24H25IN2O5S/c1-5-31-19-11-16(10-17(25)22(19)32-6-2)12-20-23(29)27(24(30)33-20)13-21(28)26-18-8-7-14(3)9-15(18)4/h7-12H,5-6,13H2,1-4H3,(H,26,28)/b20-12+. The third kappa shape index (κ3) is 6.08. The van der Waals surface area contributed by atoms with Gasteiger partial charge >= 0.3 is 0 Å². The van der Waals surface area contributed by atoms with Crippen molar-refractivity contribution < 1.29 is 23.9 Å². The van der Waals surface area contributed by atoms with Crippen molar-refractivity contribution in [2.45, 2.75) is 27.7 Å². The van der Waals surface area contributed by atoms with Crippen molar-refractivity contribution in [3.63, 3.8) is 0 Å². The summed E-state index contributed by atoms with van der Waals surface area (Å²) < 4.78 is 12.2. The average molecular weight is 580 g/mol. The summed E-state index contributed by atoms with van der Waals surface area (Å²) in [6.07, 6.45) is 1.63. The SMILES string of the molecule is CCOc1cc(/C=C2/SC(=O)N(CC(=O)Nc3ccc(C)cc3C)C2=O)cc(I)c1OCC. The number of imide groups is 1. The van der Waals surface area contributed by atoms with Gasteiger partial charge in [-0.2, -0.15) is 0 Å². The van der Waals surface area contributed by atoms with E-state index < -0.39 is 17.1 Å². The van der Waals surface area contributed by atoms with Crippen LogP contribution >= 0.6 is 34.4 Å². The van der Waals surface area contributed by atoms with Crippen LogP contribution in [0, 0.1) is 17.4 Å². The molecule has 0 aliphatic carbocycles. The van der Waals surface area contributed by atoms with Crippen LogP contribution < -0.4 is 14.8 Å². The molecule has 1 aliphatic rings. The normalized spacial score (nSPS) is 14.7. The molecule has 0 spiro atoms. The summed E-state index contributed by atoms with van der Waals surface area (Å²) in [5.41, 5.74) is 3.35. The van der Waals surface area contributed by atoms with Gasteiger partial charge in [0.2, 0.25) is 5.91 Å². The molecular weight excluding hydrogens is 555 g/mol. The number of carbonyl (C=O) groups is 3. The number of anilines is 1. The van der Waals surface area contributed by atoms with Gasteiger partial charge in [0.1, 0.15) is 6.54 Å². The molecule has 33 heavy (non-hydrogen) atoms. The number of benzene rings is 2. The largest absolute Gasteiger partial charge is 0.490 e. The van der Waals surface area contributed by atoms with E-state index in [1.807, 2.05) is 45.9 Å². The number of hydrogen-bond donors (Lipinski definition) is 1. The molecule has 9 heteroatoms. The Morgan fingerprint density at radius 3 is 2.52 bits per heavy atom. The lowest BCUT2D eigenvalue weighted by atomic mass is 10.1. The molecule has 1 N–H and O–H groups in total. The minimum Gasteiger partial charge on any atom is -0.490 e. The molecule has 0 unspecified atom stereocenters. The Bertz CT molecular complexity index is 1130. The molecule has 0 saturated carbocycles. The molecular formula is C24H25IN2O5S. The van der Waals surface area contributed by atoms with Gasteiger partial charge in [-0.25, -0.2) is 0 Å². The van der Waals surface area contributed by atoms with Crippen LogP contribution in [0.25, 0.3) is 6.08 Å². The molecule has 1 saturated heterocycles. The minimum atomic E-state index is -0.498. The first-order chi connectivity index (χ1) is 15.7. The number of nitrogens with one attached hydrogen (secondary N) is 1. The van der Waals surface area contributed by atoms with E-state index in [9.17, 15) is 14.4 Å². The molecule has 3 rings (SSSR count). The molecule has 174 valence electrons. The van der Waals surface area contributed by atoms with Crippen LogP contribution in [0.2, 0.25) is 0 Å². The second-order valence-electron chi connectivity index (χ2n) is 7.33. The Morgan fingerprint density at radius 1 is 1.12 bits per heavy atom. The lowest BCUT2D eigenvalue weighted by Gasteiger charge is -2.14. The summed E-state index contributed by atoms with van der Waals surface area (Å²) in [5, 5.41) is 2.29. The molecule has 0 atom stereocenters. The summed E-state index contributed by atoms with van der Waals surface area (Å²) in [6.45, 7) is 8.24. The van der Waals surface area contributed by atoms with Crippen molar-refractivity contribution in [1.82, 2.24) is 4.90 Å².